The molecule has 1 aromatic rings. The first-order chi connectivity index (χ1) is 3.39. The van der Waals surface area contributed by atoms with Gasteiger partial charge in [-0.3, -0.25) is 0 Å². The predicted octanol–water partition coefficient (Wildman–Crippen LogP) is 1.87. The Balaban J connectivity index is 0.000000490. The molecule has 8 heavy (non-hydrogen) atoms. The van der Waals surface area contributed by atoms with E-state index in [1.54, 1.807) is 0 Å². The van der Waals surface area contributed by atoms with Crippen LogP contribution in [0.25, 0.3) is 0 Å². The molecule has 0 atom stereocenters. The largest absolute Gasteiger partial charge is 0.199 e. The van der Waals surface area contributed by atoms with Gasteiger partial charge in [-0.05, 0) is 0 Å². The molecule has 0 aromatic heterocycles. The summed E-state index contributed by atoms with van der Waals surface area (Å²) in [5.41, 5.74) is 1.07. The second-order valence-corrected chi connectivity index (χ2v) is 1.49. The maximum atomic E-state index is 3.72. The first-order valence-corrected chi connectivity index (χ1v) is 2.26. The molecule has 0 aliphatic heterocycles. The van der Waals surface area contributed by atoms with Gasteiger partial charge in [-0.15, -0.1) is 12.1 Å². The molecule has 0 unspecified atom stereocenters. The van der Waals surface area contributed by atoms with Crippen molar-refractivity contribution in [3.05, 3.63) is 42.8 Å². The van der Waals surface area contributed by atoms with Crippen LogP contribution in [0.3, 0.4) is 0 Å². The number of benzene rings is 1. The van der Waals surface area contributed by atoms with Crippen LogP contribution in [0.2, 0.25) is 0 Å². The zero-order chi connectivity index (χ0) is 5.11. The second-order valence-electron chi connectivity index (χ2n) is 1.49. The van der Waals surface area contributed by atoms with E-state index in [1.165, 1.54) is 0 Å². The SMILES string of the molecule is [CH2-]c1ccccc1.[Th]. The van der Waals surface area contributed by atoms with E-state index in [9.17, 15) is 0 Å². The van der Waals surface area contributed by atoms with Gasteiger partial charge in [0.25, 0.3) is 0 Å². The Kier molecular flexibility index (Phi) is 4.53. The van der Waals surface area contributed by atoms with Gasteiger partial charge >= 0.3 is 0 Å². The van der Waals surface area contributed by atoms with Gasteiger partial charge in [-0.2, -0.15) is 24.6 Å². The van der Waals surface area contributed by atoms with E-state index >= 15 is 0 Å². The third-order valence-corrected chi connectivity index (χ3v) is 0.843. The van der Waals surface area contributed by atoms with E-state index in [0.29, 0.717) is 0 Å². The summed E-state index contributed by atoms with van der Waals surface area (Å²) in [6, 6.07) is 9.87. The van der Waals surface area contributed by atoms with Crippen molar-refractivity contribution < 1.29 is 39.9 Å². The van der Waals surface area contributed by atoms with Gasteiger partial charge in [-0.25, -0.2) is 0 Å². The van der Waals surface area contributed by atoms with Gasteiger partial charge in [0.1, 0.15) is 0 Å². The van der Waals surface area contributed by atoms with Crippen molar-refractivity contribution >= 4 is 0 Å². The summed E-state index contributed by atoms with van der Waals surface area (Å²) in [5.74, 6) is 0. The topological polar surface area (TPSA) is 0 Å². The fourth-order valence-electron chi connectivity index (χ4n) is 0.478. The molecular formula is C7H7Th-. The van der Waals surface area contributed by atoms with Gasteiger partial charge in [-0.1, -0.05) is 6.07 Å². The molecule has 40 valence electrons. The van der Waals surface area contributed by atoms with Crippen molar-refractivity contribution in [1.82, 2.24) is 0 Å². The van der Waals surface area contributed by atoms with Gasteiger partial charge in [0.2, 0.25) is 0 Å². The van der Waals surface area contributed by atoms with Crippen LogP contribution in [0, 0.1) is 46.9 Å². The van der Waals surface area contributed by atoms with Crippen molar-refractivity contribution in [2.24, 2.45) is 0 Å². The van der Waals surface area contributed by atoms with E-state index in [-0.39, 0.29) is 39.9 Å². The molecule has 1 rings (SSSR count). The van der Waals surface area contributed by atoms with E-state index in [1.807, 2.05) is 30.3 Å². The Morgan fingerprint density at radius 2 is 1.50 bits per heavy atom. The van der Waals surface area contributed by atoms with Crippen LogP contribution in [-0.2, 0) is 0 Å². The van der Waals surface area contributed by atoms with Gasteiger partial charge in [0.15, 0.2) is 0 Å². The number of hydrogen-bond acceptors (Lipinski definition) is 0. The molecule has 0 saturated heterocycles. The summed E-state index contributed by atoms with van der Waals surface area (Å²) in [7, 11) is 0. The van der Waals surface area contributed by atoms with Crippen LogP contribution < -0.4 is 0 Å². The zero-order valence-corrected chi connectivity index (χ0v) is 8.70. The molecular weight excluding hydrogens is 316 g/mol. The van der Waals surface area contributed by atoms with Crippen molar-refractivity contribution in [3.63, 3.8) is 0 Å². The summed E-state index contributed by atoms with van der Waals surface area (Å²) in [6.45, 7) is 3.72. The van der Waals surface area contributed by atoms with E-state index in [4.69, 9.17) is 0 Å². The maximum Gasteiger partial charge on any atom is 0 e. The van der Waals surface area contributed by atoms with Crippen molar-refractivity contribution in [2.45, 2.75) is 0 Å². The van der Waals surface area contributed by atoms with Crippen molar-refractivity contribution in [2.75, 3.05) is 0 Å². The Bertz CT molecular complexity index is 134. The smallest absolute Gasteiger partial charge is 0 e. The van der Waals surface area contributed by atoms with E-state index in [2.05, 4.69) is 6.92 Å². The maximum absolute atomic E-state index is 3.72. The van der Waals surface area contributed by atoms with E-state index in [0.717, 1.165) is 5.56 Å². The fourth-order valence-corrected chi connectivity index (χ4v) is 0.478. The molecule has 0 radical (unpaired) electrons. The summed E-state index contributed by atoms with van der Waals surface area (Å²) in [6.07, 6.45) is 0. The average molecular weight is 323 g/mol. The first kappa shape index (κ1) is 8.41. The molecule has 0 nitrogen and oxygen atoms in total. The molecule has 0 N–H and O–H groups in total. The Hall–Kier alpha value is 0.415. The normalized spacial score (nSPS) is 7.50. The van der Waals surface area contributed by atoms with Crippen LogP contribution in [0.15, 0.2) is 30.3 Å². The summed E-state index contributed by atoms with van der Waals surface area (Å²) >= 11 is 0. The van der Waals surface area contributed by atoms with Gasteiger partial charge < -0.3 is 0 Å². The van der Waals surface area contributed by atoms with Crippen LogP contribution >= 0.6 is 0 Å². The summed E-state index contributed by atoms with van der Waals surface area (Å²) in [5, 5.41) is 0. The molecule has 1 aromatic carbocycles. The van der Waals surface area contributed by atoms with Crippen LogP contribution in [-0.4, -0.2) is 0 Å². The average Bonchev–Trinajstić information content (AvgIpc) is 1.69. The van der Waals surface area contributed by atoms with E-state index < -0.39 is 0 Å². The summed E-state index contributed by atoms with van der Waals surface area (Å²) < 4.78 is 0. The Morgan fingerprint density at radius 1 is 1.00 bits per heavy atom. The predicted molar refractivity (Wildman–Crippen MR) is 30.9 cm³/mol. The minimum Gasteiger partial charge on any atom is -0.199 e. The molecule has 0 saturated carbocycles. The number of rotatable bonds is 0. The minimum absolute atomic E-state index is 0. The summed E-state index contributed by atoms with van der Waals surface area (Å²) in [4.78, 5) is 0. The molecule has 0 fully saturated rings. The second kappa shape index (κ2) is 4.31. The van der Waals surface area contributed by atoms with Crippen LogP contribution in [0.5, 0.6) is 0 Å². The molecule has 0 aliphatic carbocycles. The van der Waals surface area contributed by atoms with Crippen molar-refractivity contribution in [1.29, 1.82) is 0 Å². The molecule has 1 heteroatoms. The van der Waals surface area contributed by atoms with Crippen LogP contribution in [0.1, 0.15) is 5.56 Å². The van der Waals surface area contributed by atoms with Crippen molar-refractivity contribution in [3.8, 4) is 0 Å². The third kappa shape index (κ3) is 2.66. The molecule has 0 amide bonds. The standard InChI is InChI=1S/C7H7.Th/c1-7-5-3-2-4-6-7;/h2-6H,1H2;/q-1;. The quantitative estimate of drug-likeness (QED) is 0.640. The number of hydrogen-bond donors (Lipinski definition) is 0. The molecule has 0 bridgehead atoms. The molecule has 0 spiro atoms. The first-order valence-electron chi connectivity index (χ1n) is 2.26. The van der Waals surface area contributed by atoms with Gasteiger partial charge in [0.05, 0.1) is 0 Å². The zero-order valence-electron chi connectivity index (χ0n) is 4.59. The third-order valence-electron chi connectivity index (χ3n) is 0.843. The Morgan fingerprint density at radius 3 is 1.75 bits per heavy atom. The van der Waals surface area contributed by atoms with Crippen LogP contribution in [0.4, 0.5) is 0 Å². The fraction of sp³-hybridized carbons (Fsp3) is 0. The monoisotopic (exact) mass is 323 g/mol. The molecule has 0 aliphatic rings. The Labute approximate surface area is 82.0 Å². The minimum atomic E-state index is 0. The van der Waals surface area contributed by atoms with Gasteiger partial charge in [0, 0.05) is 39.9 Å². The molecule has 0 heterocycles.